The maximum atomic E-state index is 12.1. The maximum Gasteiger partial charge on any atom is 0.180 e. The van der Waals surface area contributed by atoms with E-state index < -0.39 is 9.84 Å². The number of rotatable bonds is 5. The largest absolute Gasteiger partial charge is 0.323 e. The third kappa shape index (κ3) is 3.56. The first-order valence-electron chi connectivity index (χ1n) is 6.02. The molecule has 0 fully saturated rings. The lowest BCUT2D eigenvalue weighted by atomic mass is 10.3. The van der Waals surface area contributed by atoms with Crippen LogP contribution in [0.15, 0.2) is 35.4 Å². The van der Waals surface area contributed by atoms with Gasteiger partial charge in [0.05, 0.1) is 29.1 Å². The Morgan fingerprint density at radius 2 is 2.00 bits per heavy atom. The second-order valence-electron chi connectivity index (χ2n) is 4.47. The van der Waals surface area contributed by atoms with E-state index >= 15 is 0 Å². The normalized spacial score (nSPS) is 13.3. The van der Waals surface area contributed by atoms with Crippen LogP contribution in [-0.4, -0.2) is 29.2 Å². The molecule has 6 nitrogen and oxygen atoms in total. The van der Waals surface area contributed by atoms with Crippen molar-refractivity contribution < 1.29 is 8.42 Å². The van der Waals surface area contributed by atoms with Gasteiger partial charge in [-0.05, 0) is 31.2 Å². The Balaban J connectivity index is 2.07. The topological polar surface area (TPSA) is 90.9 Å². The van der Waals surface area contributed by atoms with Crippen LogP contribution in [0.5, 0.6) is 0 Å². The van der Waals surface area contributed by atoms with Crippen LogP contribution in [0.25, 0.3) is 0 Å². The molecule has 1 unspecified atom stereocenters. The molecule has 0 saturated heterocycles. The first-order valence-corrected chi connectivity index (χ1v) is 8.05. The van der Waals surface area contributed by atoms with Crippen LogP contribution in [0.1, 0.15) is 18.7 Å². The summed E-state index contributed by atoms with van der Waals surface area (Å²) in [6.45, 7) is 2.02. The minimum Gasteiger partial charge on any atom is -0.323 e. The number of nitrogens with two attached hydrogens (primary N) is 1. The summed E-state index contributed by atoms with van der Waals surface area (Å²) in [4.78, 5) is 0.245. The van der Waals surface area contributed by atoms with Crippen LogP contribution in [0, 0.1) is 0 Å². The molecular formula is C12H15ClN4O2S. The number of nitrogens with zero attached hydrogens (tertiary/aromatic N) is 3. The molecule has 1 aromatic carbocycles. The number of benzene rings is 1. The summed E-state index contributed by atoms with van der Waals surface area (Å²) < 4.78 is 25.7. The van der Waals surface area contributed by atoms with Crippen LogP contribution in [0.4, 0.5) is 0 Å². The number of sulfone groups is 1. The summed E-state index contributed by atoms with van der Waals surface area (Å²) >= 11 is 5.74. The molecule has 0 amide bonds. The molecule has 1 atom stereocenters. The Hall–Kier alpha value is -1.44. The quantitative estimate of drug-likeness (QED) is 0.901. The van der Waals surface area contributed by atoms with Gasteiger partial charge in [0, 0.05) is 11.1 Å². The third-order valence-electron chi connectivity index (χ3n) is 2.78. The van der Waals surface area contributed by atoms with Gasteiger partial charge in [0.15, 0.2) is 9.84 Å². The molecule has 0 radical (unpaired) electrons. The molecule has 0 aliphatic carbocycles. The van der Waals surface area contributed by atoms with Crippen LogP contribution >= 0.6 is 11.6 Å². The van der Waals surface area contributed by atoms with E-state index in [1.807, 2.05) is 0 Å². The Morgan fingerprint density at radius 3 is 2.55 bits per heavy atom. The number of aryl methyl sites for hydroxylation is 1. The van der Waals surface area contributed by atoms with Gasteiger partial charge < -0.3 is 5.73 Å². The molecule has 0 spiro atoms. The maximum absolute atomic E-state index is 12.1. The molecule has 8 heteroatoms. The van der Waals surface area contributed by atoms with Crippen molar-refractivity contribution in [3.63, 3.8) is 0 Å². The van der Waals surface area contributed by atoms with E-state index in [4.69, 9.17) is 17.3 Å². The zero-order chi connectivity index (χ0) is 14.8. The SMILES string of the molecule is CC(N)c1cn(CCS(=O)(=O)c2ccc(Cl)cc2)nn1. The van der Waals surface area contributed by atoms with E-state index in [9.17, 15) is 8.42 Å². The van der Waals surface area contributed by atoms with Gasteiger partial charge in [0.1, 0.15) is 0 Å². The second-order valence-corrected chi connectivity index (χ2v) is 7.01. The minimum atomic E-state index is -3.36. The van der Waals surface area contributed by atoms with Crippen LogP contribution in [0.3, 0.4) is 0 Å². The van der Waals surface area contributed by atoms with Crippen molar-refractivity contribution in [1.29, 1.82) is 0 Å². The highest BCUT2D eigenvalue weighted by atomic mass is 35.5. The Morgan fingerprint density at radius 1 is 1.35 bits per heavy atom. The fourth-order valence-electron chi connectivity index (χ4n) is 1.60. The van der Waals surface area contributed by atoms with Crippen molar-refractivity contribution in [2.75, 3.05) is 5.75 Å². The molecule has 0 bridgehead atoms. The molecule has 0 aliphatic rings. The van der Waals surface area contributed by atoms with E-state index in [1.165, 1.54) is 16.8 Å². The molecule has 0 saturated carbocycles. The average Bonchev–Trinajstić information content (AvgIpc) is 2.86. The lowest BCUT2D eigenvalue weighted by Crippen LogP contribution is -2.13. The van der Waals surface area contributed by atoms with Crippen molar-refractivity contribution in [2.24, 2.45) is 5.73 Å². The predicted octanol–water partition coefficient (Wildman–Crippen LogP) is 1.43. The highest BCUT2D eigenvalue weighted by Crippen LogP contribution is 2.15. The van der Waals surface area contributed by atoms with Crippen LogP contribution in [-0.2, 0) is 16.4 Å². The number of aromatic nitrogens is 3. The number of hydrogen-bond donors (Lipinski definition) is 1. The molecule has 1 heterocycles. The smallest absolute Gasteiger partial charge is 0.180 e. The predicted molar refractivity (Wildman–Crippen MR) is 76.1 cm³/mol. The molecule has 1 aromatic heterocycles. The van der Waals surface area contributed by atoms with E-state index in [0.29, 0.717) is 10.7 Å². The van der Waals surface area contributed by atoms with Crippen LogP contribution < -0.4 is 5.73 Å². The van der Waals surface area contributed by atoms with Gasteiger partial charge in [-0.1, -0.05) is 16.8 Å². The van der Waals surface area contributed by atoms with Gasteiger partial charge in [0.25, 0.3) is 0 Å². The number of halogens is 1. The Labute approximate surface area is 122 Å². The standard InChI is InChI=1S/C12H15ClN4O2S/c1-9(14)12-8-17(16-15-12)6-7-20(18,19)11-4-2-10(13)3-5-11/h2-5,8-9H,6-7,14H2,1H3. The van der Waals surface area contributed by atoms with Gasteiger partial charge in [0.2, 0.25) is 0 Å². The molecule has 20 heavy (non-hydrogen) atoms. The monoisotopic (exact) mass is 314 g/mol. The van der Waals surface area contributed by atoms with Gasteiger partial charge in [-0.3, -0.25) is 4.68 Å². The lowest BCUT2D eigenvalue weighted by Gasteiger charge is -2.04. The minimum absolute atomic E-state index is 0.0591. The van der Waals surface area contributed by atoms with Crippen molar-refractivity contribution in [1.82, 2.24) is 15.0 Å². The van der Waals surface area contributed by atoms with E-state index in [1.54, 1.807) is 25.3 Å². The summed E-state index contributed by atoms with van der Waals surface area (Å²) in [7, 11) is -3.36. The molecular weight excluding hydrogens is 300 g/mol. The van der Waals surface area contributed by atoms with E-state index in [0.717, 1.165) is 0 Å². The van der Waals surface area contributed by atoms with Gasteiger partial charge in [-0.15, -0.1) is 5.10 Å². The van der Waals surface area contributed by atoms with E-state index in [-0.39, 0.29) is 23.2 Å². The third-order valence-corrected chi connectivity index (χ3v) is 4.75. The Kier molecular flexibility index (Phi) is 4.42. The summed E-state index contributed by atoms with van der Waals surface area (Å²) in [5.74, 6) is -0.0591. The van der Waals surface area contributed by atoms with Gasteiger partial charge >= 0.3 is 0 Å². The van der Waals surface area contributed by atoms with Crippen molar-refractivity contribution in [2.45, 2.75) is 24.4 Å². The summed E-state index contributed by atoms with van der Waals surface area (Å²) in [5, 5.41) is 8.23. The fraction of sp³-hybridized carbons (Fsp3) is 0.333. The molecule has 2 N–H and O–H groups in total. The molecule has 2 rings (SSSR count). The number of hydrogen-bond acceptors (Lipinski definition) is 5. The van der Waals surface area contributed by atoms with Gasteiger partial charge in [-0.25, -0.2) is 8.42 Å². The lowest BCUT2D eigenvalue weighted by molar-refractivity contribution is 0.575. The van der Waals surface area contributed by atoms with Crippen molar-refractivity contribution >= 4 is 21.4 Å². The summed E-state index contributed by atoms with van der Waals surface area (Å²) in [5.41, 5.74) is 6.30. The van der Waals surface area contributed by atoms with E-state index in [2.05, 4.69) is 10.3 Å². The second kappa shape index (κ2) is 5.90. The first-order chi connectivity index (χ1) is 9.38. The average molecular weight is 315 g/mol. The zero-order valence-corrected chi connectivity index (χ0v) is 12.5. The molecule has 0 aliphatic heterocycles. The molecule has 108 valence electrons. The van der Waals surface area contributed by atoms with Crippen molar-refractivity contribution in [3.8, 4) is 0 Å². The summed E-state index contributed by atoms with van der Waals surface area (Å²) in [6, 6.07) is 5.87. The first kappa shape index (κ1) is 15.0. The zero-order valence-electron chi connectivity index (χ0n) is 10.9. The Bertz CT molecular complexity index is 680. The van der Waals surface area contributed by atoms with Crippen molar-refractivity contribution in [3.05, 3.63) is 41.2 Å². The fourth-order valence-corrected chi connectivity index (χ4v) is 2.94. The highest BCUT2D eigenvalue weighted by molar-refractivity contribution is 7.91. The summed E-state index contributed by atoms with van der Waals surface area (Å²) in [6.07, 6.45) is 1.65. The highest BCUT2D eigenvalue weighted by Gasteiger charge is 2.15. The van der Waals surface area contributed by atoms with Crippen LogP contribution in [0.2, 0.25) is 5.02 Å². The van der Waals surface area contributed by atoms with Gasteiger partial charge in [-0.2, -0.15) is 0 Å². The molecule has 2 aromatic rings.